The van der Waals surface area contributed by atoms with Crippen molar-refractivity contribution in [3.8, 4) is 10.6 Å². The third-order valence-electron chi connectivity index (χ3n) is 2.09. The molecule has 0 aliphatic rings. The summed E-state index contributed by atoms with van der Waals surface area (Å²) in [6.45, 7) is 0. The second-order valence-electron chi connectivity index (χ2n) is 3.39. The highest BCUT2D eigenvalue weighted by atomic mass is 79.9. The predicted octanol–water partition coefficient (Wildman–Crippen LogP) is 3.64. The summed E-state index contributed by atoms with van der Waals surface area (Å²) in [6.07, 6.45) is 0. The normalized spacial score (nSPS) is 10.3. The minimum Gasteiger partial charge on any atom is -0.377 e. The van der Waals surface area contributed by atoms with Gasteiger partial charge in [-0.15, -0.1) is 11.3 Å². The fraction of sp³-hybridized carbons (Fsp3) is 0.182. The topological polar surface area (TPSA) is 16.1 Å². The molecule has 1 heterocycles. The number of hydrogen-bond acceptors (Lipinski definition) is 3. The molecule has 0 radical (unpaired) electrons. The molecule has 0 N–H and O–H groups in total. The maximum Gasteiger partial charge on any atom is 0.126 e. The molecule has 2 nitrogen and oxygen atoms in total. The van der Waals surface area contributed by atoms with E-state index in [0.29, 0.717) is 0 Å². The van der Waals surface area contributed by atoms with Crippen LogP contribution in [0.4, 0.5) is 5.69 Å². The molecule has 15 heavy (non-hydrogen) atoms. The molecule has 0 saturated heterocycles. The summed E-state index contributed by atoms with van der Waals surface area (Å²) in [6, 6.07) is 8.28. The van der Waals surface area contributed by atoms with Crippen LogP contribution in [0.5, 0.6) is 0 Å². The third-order valence-corrected chi connectivity index (χ3v) is 3.68. The standard InChI is InChI=1S/C11H11BrN2S/c1-14(2)9-6-4-3-5-8(9)11-13-10(12)7-15-11/h3-7H,1-2H3. The molecule has 2 aromatic rings. The van der Waals surface area contributed by atoms with Gasteiger partial charge in [-0.1, -0.05) is 12.1 Å². The number of benzene rings is 1. The number of rotatable bonds is 2. The molecule has 2 rings (SSSR count). The molecular formula is C11H11BrN2S. The zero-order valence-corrected chi connectivity index (χ0v) is 11.0. The van der Waals surface area contributed by atoms with E-state index in [2.05, 4.69) is 37.9 Å². The molecule has 0 saturated carbocycles. The van der Waals surface area contributed by atoms with E-state index in [1.54, 1.807) is 11.3 Å². The average Bonchev–Trinajstić information content (AvgIpc) is 2.65. The number of anilines is 1. The van der Waals surface area contributed by atoms with E-state index < -0.39 is 0 Å². The molecule has 0 aliphatic heterocycles. The monoisotopic (exact) mass is 282 g/mol. The maximum absolute atomic E-state index is 4.43. The van der Waals surface area contributed by atoms with Crippen molar-refractivity contribution in [1.82, 2.24) is 4.98 Å². The summed E-state index contributed by atoms with van der Waals surface area (Å²) in [4.78, 5) is 6.53. The van der Waals surface area contributed by atoms with Gasteiger partial charge in [0, 0.05) is 30.7 Å². The SMILES string of the molecule is CN(C)c1ccccc1-c1nc(Br)cs1. The van der Waals surface area contributed by atoms with Crippen LogP contribution in [0.15, 0.2) is 34.2 Å². The summed E-state index contributed by atoms with van der Waals surface area (Å²) in [5.41, 5.74) is 2.37. The molecule has 78 valence electrons. The van der Waals surface area contributed by atoms with Gasteiger partial charge in [-0.25, -0.2) is 4.98 Å². The number of para-hydroxylation sites is 1. The van der Waals surface area contributed by atoms with E-state index in [4.69, 9.17) is 0 Å². The van der Waals surface area contributed by atoms with Crippen molar-refractivity contribution in [3.05, 3.63) is 34.2 Å². The maximum atomic E-state index is 4.43. The fourth-order valence-electron chi connectivity index (χ4n) is 1.42. The molecule has 0 bridgehead atoms. The number of halogens is 1. The highest BCUT2D eigenvalue weighted by Crippen LogP contribution is 2.32. The summed E-state index contributed by atoms with van der Waals surface area (Å²) in [7, 11) is 4.09. The van der Waals surface area contributed by atoms with E-state index >= 15 is 0 Å². The lowest BCUT2D eigenvalue weighted by molar-refractivity contribution is 1.13. The molecule has 0 spiro atoms. The first-order valence-corrected chi connectivity index (χ1v) is 6.23. The van der Waals surface area contributed by atoms with Crippen LogP contribution in [0.2, 0.25) is 0 Å². The number of hydrogen-bond donors (Lipinski definition) is 0. The van der Waals surface area contributed by atoms with E-state index in [9.17, 15) is 0 Å². The summed E-state index contributed by atoms with van der Waals surface area (Å²) >= 11 is 5.03. The second-order valence-corrected chi connectivity index (χ2v) is 5.06. The Labute approximate surface area is 102 Å². The van der Waals surface area contributed by atoms with Gasteiger partial charge >= 0.3 is 0 Å². The van der Waals surface area contributed by atoms with Crippen molar-refractivity contribution in [2.75, 3.05) is 19.0 Å². The van der Waals surface area contributed by atoms with Gasteiger partial charge in [0.2, 0.25) is 0 Å². The Morgan fingerprint density at radius 3 is 2.60 bits per heavy atom. The van der Waals surface area contributed by atoms with Gasteiger partial charge in [-0.05, 0) is 28.1 Å². The Balaban J connectivity index is 2.52. The number of nitrogens with zero attached hydrogens (tertiary/aromatic N) is 2. The van der Waals surface area contributed by atoms with Gasteiger partial charge in [0.05, 0.1) is 0 Å². The van der Waals surface area contributed by atoms with Gasteiger partial charge in [0.15, 0.2) is 0 Å². The summed E-state index contributed by atoms with van der Waals surface area (Å²) in [5.74, 6) is 0. The van der Waals surface area contributed by atoms with Crippen LogP contribution in [0, 0.1) is 0 Å². The van der Waals surface area contributed by atoms with E-state index in [1.165, 1.54) is 11.3 Å². The highest BCUT2D eigenvalue weighted by molar-refractivity contribution is 9.10. The largest absolute Gasteiger partial charge is 0.377 e. The summed E-state index contributed by atoms with van der Waals surface area (Å²) < 4.78 is 0.899. The number of aromatic nitrogens is 1. The van der Waals surface area contributed by atoms with Gasteiger partial charge in [-0.3, -0.25) is 0 Å². The van der Waals surface area contributed by atoms with Crippen LogP contribution in [-0.4, -0.2) is 19.1 Å². The Morgan fingerprint density at radius 1 is 1.27 bits per heavy atom. The third kappa shape index (κ3) is 2.21. The molecule has 0 fully saturated rings. The van der Waals surface area contributed by atoms with Crippen molar-refractivity contribution in [2.24, 2.45) is 0 Å². The van der Waals surface area contributed by atoms with E-state index in [-0.39, 0.29) is 0 Å². The molecule has 1 aromatic carbocycles. The Kier molecular flexibility index (Phi) is 3.07. The lowest BCUT2D eigenvalue weighted by Crippen LogP contribution is -2.09. The van der Waals surface area contributed by atoms with Crippen molar-refractivity contribution >= 4 is 33.0 Å². The van der Waals surface area contributed by atoms with E-state index in [1.807, 2.05) is 31.6 Å². The van der Waals surface area contributed by atoms with Gasteiger partial charge in [0.1, 0.15) is 9.61 Å². The van der Waals surface area contributed by atoms with Gasteiger partial charge in [-0.2, -0.15) is 0 Å². The van der Waals surface area contributed by atoms with Crippen LogP contribution >= 0.6 is 27.3 Å². The lowest BCUT2D eigenvalue weighted by atomic mass is 10.2. The van der Waals surface area contributed by atoms with Crippen LogP contribution in [0.25, 0.3) is 10.6 Å². The van der Waals surface area contributed by atoms with Crippen molar-refractivity contribution in [1.29, 1.82) is 0 Å². The Bertz CT molecular complexity index is 465. The summed E-state index contributed by atoms with van der Waals surface area (Å²) in [5, 5.41) is 3.05. The predicted molar refractivity (Wildman–Crippen MR) is 69.6 cm³/mol. The fourth-order valence-corrected chi connectivity index (χ4v) is 2.71. The van der Waals surface area contributed by atoms with Crippen molar-refractivity contribution in [3.63, 3.8) is 0 Å². The molecule has 0 atom stereocenters. The minimum absolute atomic E-state index is 0.899. The van der Waals surface area contributed by atoms with Gasteiger partial charge in [0.25, 0.3) is 0 Å². The molecular weight excluding hydrogens is 272 g/mol. The lowest BCUT2D eigenvalue weighted by Gasteiger charge is -2.15. The molecule has 4 heteroatoms. The van der Waals surface area contributed by atoms with Crippen LogP contribution < -0.4 is 4.90 Å². The molecule has 0 amide bonds. The molecule has 0 aliphatic carbocycles. The zero-order chi connectivity index (χ0) is 10.8. The molecule has 1 aromatic heterocycles. The second kappa shape index (κ2) is 4.33. The first-order chi connectivity index (χ1) is 7.18. The first-order valence-electron chi connectivity index (χ1n) is 4.56. The minimum atomic E-state index is 0.899. The smallest absolute Gasteiger partial charge is 0.126 e. The zero-order valence-electron chi connectivity index (χ0n) is 8.57. The van der Waals surface area contributed by atoms with Crippen molar-refractivity contribution < 1.29 is 0 Å². The molecule has 0 unspecified atom stereocenters. The average molecular weight is 283 g/mol. The van der Waals surface area contributed by atoms with Crippen LogP contribution in [0.3, 0.4) is 0 Å². The quantitative estimate of drug-likeness (QED) is 0.836. The Hall–Kier alpha value is -0.870. The van der Waals surface area contributed by atoms with Crippen LogP contribution in [-0.2, 0) is 0 Å². The number of thiazole rings is 1. The van der Waals surface area contributed by atoms with Crippen LogP contribution in [0.1, 0.15) is 0 Å². The Morgan fingerprint density at radius 2 is 2.00 bits per heavy atom. The highest BCUT2D eigenvalue weighted by Gasteiger charge is 2.09. The van der Waals surface area contributed by atoms with Crippen molar-refractivity contribution in [2.45, 2.75) is 0 Å². The van der Waals surface area contributed by atoms with E-state index in [0.717, 1.165) is 9.61 Å². The first kappa shape index (κ1) is 10.6. The van der Waals surface area contributed by atoms with Gasteiger partial charge < -0.3 is 4.90 Å².